The first-order valence-corrected chi connectivity index (χ1v) is 12.6. The van der Waals surface area contributed by atoms with Gasteiger partial charge in [-0.15, -0.1) is 5.10 Å². The van der Waals surface area contributed by atoms with Crippen LogP contribution in [0.1, 0.15) is 56.8 Å². The SMILES string of the molecule is CC(C)N(c1nn(-c2ccc(-c3cc4ccccc4o3)cc2)cc1C(=O)O)C(=O)[C@H]1CC[C@H](C)CC1. The first kappa shape index (κ1) is 23.9. The number of carboxylic acid groups (broad SMARTS) is 1. The van der Waals surface area contributed by atoms with Gasteiger partial charge in [-0.05, 0) is 81.8 Å². The van der Waals surface area contributed by atoms with Crippen molar-refractivity contribution in [3.8, 4) is 17.0 Å². The third-order valence-electron chi connectivity index (χ3n) is 7.11. The van der Waals surface area contributed by atoms with E-state index in [0.717, 1.165) is 48.0 Å². The molecule has 0 aliphatic heterocycles. The van der Waals surface area contributed by atoms with E-state index in [4.69, 9.17) is 4.42 Å². The highest BCUT2D eigenvalue weighted by molar-refractivity contribution is 6.01. The average Bonchev–Trinajstić information content (AvgIpc) is 3.49. The van der Waals surface area contributed by atoms with Crippen molar-refractivity contribution in [2.75, 3.05) is 4.90 Å². The van der Waals surface area contributed by atoms with Gasteiger partial charge in [-0.3, -0.25) is 9.69 Å². The second-order valence-electron chi connectivity index (χ2n) is 10.1. The molecule has 2 heterocycles. The molecule has 1 aliphatic carbocycles. The van der Waals surface area contributed by atoms with E-state index in [1.807, 2.05) is 68.4 Å². The van der Waals surface area contributed by atoms with E-state index in [1.165, 1.54) is 10.9 Å². The minimum absolute atomic E-state index is 0.0163. The van der Waals surface area contributed by atoms with Gasteiger partial charge in [0.1, 0.15) is 16.9 Å². The Hall–Kier alpha value is -3.87. The molecule has 2 aromatic heterocycles. The van der Waals surface area contributed by atoms with Gasteiger partial charge in [-0.1, -0.05) is 25.1 Å². The molecule has 1 saturated carbocycles. The lowest BCUT2D eigenvalue weighted by atomic mass is 9.82. The Morgan fingerprint density at radius 1 is 1.06 bits per heavy atom. The first-order chi connectivity index (χ1) is 17.3. The van der Waals surface area contributed by atoms with E-state index in [-0.39, 0.29) is 29.2 Å². The zero-order valence-electron chi connectivity index (χ0n) is 20.8. The average molecular weight is 486 g/mol. The fourth-order valence-electron chi connectivity index (χ4n) is 5.04. The first-order valence-electron chi connectivity index (χ1n) is 12.6. The molecule has 0 radical (unpaired) electrons. The van der Waals surface area contributed by atoms with Crippen LogP contribution in [0.25, 0.3) is 28.0 Å². The van der Waals surface area contributed by atoms with Crippen molar-refractivity contribution in [1.82, 2.24) is 9.78 Å². The molecule has 1 fully saturated rings. The van der Waals surface area contributed by atoms with Gasteiger partial charge in [0.15, 0.2) is 5.82 Å². The maximum atomic E-state index is 13.5. The number of rotatable bonds is 6. The molecular formula is C29H31N3O4. The van der Waals surface area contributed by atoms with Crippen molar-refractivity contribution in [2.45, 2.75) is 52.5 Å². The van der Waals surface area contributed by atoms with Crippen molar-refractivity contribution in [3.63, 3.8) is 0 Å². The highest BCUT2D eigenvalue weighted by Gasteiger charge is 2.34. The van der Waals surface area contributed by atoms with Crippen LogP contribution in [-0.2, 0) is 4.79 Å². The Labute approximate surface area is 210 Å². The van der Waals surface area contributed by atoms with Crippen LogP contribution in [0.5, 0.6) is 0 Å². The highest BCUT2D eigenvalue weighted by Crippen LogP contribution is 2.33. The summed E-state index contributed by atoms with van der Waals surface area (Å²) in [4.78, 5) is 27.2. The van der Waals surface area contributed by atoms with Crippen LogP contribution in [0.4, 0.5) is 5.82 Å². The maximum absolute atomic E-state index is 13.5. The van der Waals surface area contributed by atoms with Crippen LogP contribution in [0.15, 0.2) is 65.2 Å². The summed E-state index contributed by atoms with van der Waals surface area (Å²) < 4.78 is 7.49. The van der Waals surface area contributed by atoms with Gasteiger partial charge in [0.05, 0.1) is 5.69 Å². The summed E-state index contributed by atoms with van der Waals surface area (Å²) in [5.74, 6) is 0.336. The molecule has 0 atom stereocenters. The lowest BCUT2D eigenvalue weighted by Crippen LogP contribution is -2.43. The quantitative estimate of drug-likeness (QED) is 0.334. The monoisotopic (exact) mass is 485 g/mol. The largest absolute Gasteiger partial charge is 0.477 e. The highest BCUT2D eigenvalue weighted by atomic mass is 16.4. The Kier molecular flexibility index (Phi) is 6.39. The number of carboxylic acids is 1. The molecule has 1 amide bonds. The number of benzene rings is 2. The molecule has 7 heteroatoms. The minimum Gasteiger partial charge on any atom is -0.477 e. The molecule has 0 bridgehead atoms. The van der Waals surface area contributed by atoms with Crippen molar-refractivity contribution in [3.05, 3.63) is 66.4 Å². The summed E-state index contributed by atoms with van der Waals surface area (Å²) in [6.45, 7) is 6.01. The van der Waals surface area contributed by atoms with Crippen LogP contribution in [0.3, 0.4) is 0 Å². The zero-order chi connectivity index (χ0) is 25.4. The van der Waals surface area contributed by atoms with E-state index in [9.17, 15) is 14.7 Å². The van der Waals surface area contributed by atoms with Gasteiger partial charge in [0.25, 0.3) is 0 Å². The number of hydrogen-bond donors (Lipinski definition) is 1. The van der Waals surface area contributed by atoms with E-state index in [2.05, 4.69) is 12.0 Å². The van der Waals surface area contributed by atoms with Crippen molar-refractivity contribution < 1.29 is 19.1 Å². The number of furan rings is 1. The van der Waals surface area contributed by atoms with Crippen LogP contribution in [0.2, 0.25) is 0 Å². The predicted octanol–water partition coefficient (Wildman–Crippen LogP) is 6.55. The Balaban J connectivity index is 1.46. The Morgan fingerprint density at radius 3 is 2.39 bits per heavy atom. The summed E-state index contributed by atoms with van der Waals surface area (Å²) in [6.07, 6.45) is 5.17. The number of carbonyl (C=O) groups is 2. The van der Waals surface area contributed by atoms with Crippen LogP contribution < -0.4 is 4.90 Å². The van der Waals surface area contributed by atoms with Crippen molar-refractivity contribution in [1.29, 1.82) is 0 Å². The number of hydrogen-bond acceptors (Lipinski definition) is 4. The smallest absolute Gasteiger partial charge is 0.341 e. The summed E-state index contributed by atoms with van der Waals surface area (Å²) in [7, 11) is 0. The number of amides is 1. The van der Waals surface area contributed by atoms with E-state index in [1.54, 1.807) is 4.90 Å². The summed E-state index contributed by atoms with van der Waals surface area (Å²) >= 11 is 0. The molecule has 4 aromatic rings. The lowest BCUT2D eigenvalue weighted by molar-refractivity contribution is -0.124. The van der Waals surface area contributed by atoms with Gasteiger partial charge in [0, 0.05) is 29.1 Å². The third-order valence-corrected chi connectivity index (χ3v) is 7.11. The molecule has 5 rings (SSSR count). The fourth-order valence-corrected chi connectivity index (χ4v) is 5.04. The molecule has 2 aromatic carbocycles. The summed E-state index contributed by atoms with van der Waals surface area (Å²) in [5.41, 5.74) is 2.45. The van der Waals surface area contributed by atoms with Gasteiger partial charge in [0.2, 0.25) is 5.91 Å². The predicted molar refractivity (Wildman–Crippen MR) is 139 cm³/mol. The molecule has 7 nitrogen and oxygen atoms in total. The summed E-state index contributed by atoms with van der Waals surface area (Å²) in [5, 5.41) is 15.6. The molecule has 1 aliphatic rings. The standard InChI is InChI=1S/C29H31N3O4/c1-18(2)32(28(33)21-10-8-19(3)9-11-21)27-24(29(34)35)17-31(30-27)23-14-12-20(13-15-23)26-16-22-6-4-5-7-25(22)36-26/h4-7,12-19,21H,8-11H2,1-3H3,(H,34,35)/t19-,21-. The molecule has 0 unspecified atom stereocenters. The molecule has 0 spiro atoms. The number of para-hydroxylation sites is 1. The van der Waals surface area contributed by atoms with Crippen LogP contribution in [-0.4, -0.2) is 32.8 Å². The Bertz CT molecular complexity index is 1360. The second-order valence-corrected chi connectivity index (χ2v) is 10.1. The van der Waals surface area contributed by atoms with Gasteiger partial charge in [-0.2, -0.15) is 0 Å². The minimum atomic E-state index is -1.11. The number of nitrogens with zero attached hydrogens (tertiary/aromatic N) is 3. The van der Waals surface area contributed by atoms with Gasteiger partial charge < -0.3 is 9.52 Å². The normalized spacial score (nSPS) is 18.0. The van der Waals surface area contributed by atoms with Crippen molar-refractivity contribution >= 4 is 28.7 Å². The molecule has 186 valence electrons. The molecule has 36 heavy (non-hydrogen) atoms. The van der Waals surface area contributed by atoms with E-state index < -0.39 is 5.97 Å². The Morgan fingerprint density at radius 2 is 1.75 bits per heavy atom. The molecule has 1 N–H and O–H groups in total. The second kappa shape index (κ2) is 9.64. The lowest BCUT2D eigenvalue weighted by Gasteiger charge is -2.32. The topological polar surface area (TPSA) is 88.6 Å². The van der Waals surface area contributed by atoms with Crippen LogP contribution >= 0.6 is 0 Å². The molecule has 0 saturated heterocycles. The van der Waals surface area contributed by atoms with E-state index >= 15 is 0 Å². The number of anilines is 1. The van der Waals surface area contributed by atoms with E-state index in [0.29, 0.717) is 11.6 Å². The van der Waals surface area contributed by atoms with Gasteiger partial charge in [-0.25, -0.2) is 9.48 Å². The zero-order valence-corrected chi connectivity index (χ0v) is 20.8. The number of carbonyl (C=O) groups excluding carboxylic acids is 1. The summed E-state index contributed by atoms with van der Waals surface area (Å²) in [6, 6.07) is 17.2. The maximum Gasteiger partial charge on any atom is 0.341 e. The van der Waals surface area contributed by atoms with Crippen LogP contribution in [0, 0.1) is 11.8 Å². The van der Waals surface area contributed by atoms with Gasteiger partial charge >= 0.3 is 5.97 Å². The number of aromatic carboxylic acids is 1. The molecular weight excluding hydrogens is 454 g/mol. The number of aromatic nitrogens is 2. The number of fused-ring (bicyclic) bond motifs is 1. The fraction of sp³-hybridized carbons (Fsp3) is 0.345. The third kappa shape index (κ3) is 4.53. The van der Waals surface area contributed by atoms with Crippen molar-refractivity contribution in [2.24, 2.45) is 11.8 Å².